The van der Waals surface area contributed by atoms with Crippen LogP contribution in [0, 0.1) is 6.92 Å². The average Bonchev–Trinajstić information content (AvgIpc) is 2.66. The number of methoxy groups -OCH3 is 2. The molecule has 6 nitrogen and oxygen atoms in total. The SMILES string of the molecule is COc1cc(C)c(/C=C2/C(=O)NC(=S)N(c3ccc(Cl)cc3)C2=O)c(OC)c1. The molecular weight excluding hydrogens is 400 g/mol. The van der Waals surface area contributed by atoms with E-state index < -0.39 is 11.8 Å². The fourth-order valence-electron chi connectivity index (χ4n) is 2.83. The van der Waals surface area contributed by atoms with Crippen LogP contribution in [0.25, 0.3) is 6.08 Å². The Kier molecular flexibility index (Phi) is 5.67. The number of nitrogens with one attached hydrogen (secondary N) is 1. The molecule has 144 valence electrons. The second-order valence-corrected chi connectivity index (χ2v) is 6.82. The van der Waals surface area contributed by atoms with Crippen molar-refractivity contribution in [3.8, 4) is 11.5 Å². The summed E-state index contributed by atoms with van der Waals surface area (Å²) in [6.07, 6.45) is 1.50. The summed E-state index contributed by atoms with van der Waals surface area (Å²) in [5.41, 5.74) is 1.83. The normalized spacial score (nSPS) is 15.6. The van der Waals surface area contributed by atoms with Gasteiger partial charge in [0.2, 0.25) is 0 Å². The number of halogens is 1. The summed E-state index contributed by atoms with van der Waals surface area (Å²) in [6, 6.07) is 10.1. The minimum Gasteiger partial charge on any atom is -0.497 e. The van der Waals surface area contributed by atoms with E-state index in [0.717, 1.165) is 5.56 Å². The molecule has 1 aliphatic heterocycles. The Morgan fingerprint density at radius 1 is 1.11 bits per heavy atom. The van der Waals surface area contributed by atoms with Gasteiger partial charge in [-0.3, -0.25) is 19.8 Å². The number of hydrogen-bond donors (Lipinski definition) is 1. The molecule has 0 radical (unpaired) electrons. The number of amides is 2. The Bertz CT molecular complexity index is 1000. The standard InChI is InChI=1S/C20H17ClN2O4S/c1-11-8-14(26-2)9-17(27-3)15(11)10-16-18(24)22-20(28)23(19(16)25)13-6-4-12(21)5-7-13/h4-10H,1-3H3,(H,22,24,28)/b16-10-. The molecule has 2 amide bonds. The molecule has 2 aromatic rings. The summed E-state index contributed by atoms with van der Waals surface area (Å²) in [4.78, 5) is 26.8. The lowest BCUT2D eigenvalue weighted by molar-refractivity contribution is -0.122. The van der Waals surface area contributed by atoms with Gasteiger partial charge in [-0.25, -0.2) is 0 Å². The number of carbonyl (C=O) groups excluding carboxylic acids is 2. The molecule has 2 aromatic carbocycles. The summed E-state index contributed by atoms with van der Waals surface area (Å²) < 4.78 is 10.6. The molecular formula is C20H17ClN2O4S. The van der Waals surface area contributed by atoms with Crippen molar-refractivity contribution >= 4 is 52.5 Å². The molecule has 1 saturated heterocycles. The number of aryl methyl sites for hydroxylation is 1. The van der Waals surface area contributed by atoms with Gasteiger partial charge in [-0.2, -0.15) is 0 Å². The minimum absolute atomic E-state index is 0.00731. The van der Waals surface area contributed by atoms with E-state index in [1.807, 2.05) is 6.92 Å². The molecule has 0 unspecified atom stereocenters. The Balaban J connectivity index is 2.08. The zero-order chi connectivity index (χ0) is 20.4. The van der Waals surface area contributed by atoms with E-state index >= 15 is 0 Å². The van der Waals surface area contributed by atoms with Crippen LogP contribution < -0.4 is 19.7 Å². The van der Waals surface area contributed by atoms with Gasteiger partial charge in [0.1, 0.15) is 17.1 Å². The smallest absolute Gasteiger partial charge is 0.270 e. The summed E-state index contributed by atoms with van der Waals surface area (Å²) in [5.74, 6) is -0.0122. The lowest BCUT2D eigenvalue weighted by Crippen LogP contribution is -2.54. The predicted octanol–water partition coefficient (Wildman–Crippen LogP) is 3.50. The van der Waals surface area contributed by atoms with Crippen molar-refractivity contribution in [3.63, 3.8) is 0 Å². The van der Waals surface area contributed by atoms with Crippen LogP contribution in [0.5, 0.6) is 11.5 Å². The van der Waals surface area contributed by atoms with E-state index in [1.165, 1.54) is 18.1 Å². The Hall–Kier alpha value is -2.90. The maximum atomic E-state index is 13.1. The maximum Gasteiger partial charge on any atom is 0.270 e. The summed E-state index contributed by atoms with van der Waals surface area (Å²) in [5, 5.41) is 3.09. The molecule has 0 aliphatic carbocycles. The minimum atomic E-state index is -0.572. The van der Waals surface area contributed by atoms with Gasteiger partial charge in [0.25, 0.3) is 11.8 Å². The third-order valence-corrected chi connectivity index (χ3v) is 4.79. The van der Waals surface area contributed by atoms with E-state index in [4.69, 9.17) is 33.3 Å². The van der Waals surface area contributed by atoms with E-state index in [2.05, 4.69) is 5.32 Å². The zero-order valence-electron chi connectivity index (χ0n) is 15.4. The first-order valence-electron chi connectivity index (χ1n) is 8.25. The third-order valence-electron chi connectivity index (χ3n) is 4.25. The highest BCUT2D eigenvalue weighted by molar-refractivity contribution is 7.80. The molecule has 8 heteroatoms. The van der Waals surface area contributed by atoms with Gasteiger partial charge in [0.15, 0.2) is 5.11 Å². The van der Waals surface area contributed by atoms with Crippen molar-refractivity contribution in [2.45, 2.75) is 6.92 Å². The molecule has 28 heavy (non-hydrogen) atoms. The number of hydrogen-bond acceptors (Lipinski definition) is 5. The topological polar surface area (TPSA) is 67.9 Å². The van der Waals surface area contributed by atoms with E-state index in [1.54, 1.807) is 43.5 Å². The fraction of sp³-hybridized carbons (Fsp3) is 0.150. The summed E-state index contributed by atoms with van der Waals surface area (Å²) >= 11 is 11.1. The molecule has 1 N–H and O–H groups in total. The van der Waals surface area contributed by atoms with Crippen molar-refractivity contribution in [1.29, 1.82) is 0 Å². The van der Waals surface area contributed by atoms with E-state index in [9.17, 15) is 9.59 Å². The van der Waals surface area contributed by atoms with Crippen molar-refractivity contribution in [3.05, 3.63) is 58.1 Å². The molecule has 1 aliphatic rings. The number of ether oxygens (including phenoxy) is 2. The lowest BCUT2D eigenvalue weighted by atomic mass is 10.0. The third kappa shape index (κ3) is 3.72. The molecule has 0 atom stereocenters. The maximum absolute atomic E-state index is 13.1. The number of carbonyl (C=O) groups is 2. The Morgan fingerprint density at radius 2 is 1.79 bits per heavy atom. The molecule has 0 spiro atoms. The molecule has 0 aromatic heterocycles. The highest BCUT2D eigenvalue weighted by atomic mass is 35.5. The van der Waals surface area contributed by atoms with Gasteiger partial charge in [0.05, 0.1) is 19.9 Å². The van der Waals surface area contributed by atoms with Gasteiger partial charge in [-0.1, -0.05) is 11.6 Å². The van der Waals surface area contributed by atoms with Gasteiger partial charge >= 0.3 is 0 Å². The molecule has 1 fully saturated rings. The van der Waals surface area contributed by atoms with Crippen LogP contribution in [0.3, 0.4) is 0 Å². The van der Waals surface area contributed by atoms with E-state index in [0.29, 0.717) is 27.8 Å². The molecule has 0 bridgehead atoms. The molecule has 3 rings (SSSR count). The number of nitrogens with zero attached hydrogens (tertiary/aromatic N) is 1. The van der Waals surface area contributed by atoms with Crippen LogP contribution in [0.2, 0.25) is 5.02 Å². The van der Waals surface area contributed by atoms with Crippen LogP contribution in [0.4, 0.5) is 5.69 Å². The quantitative estimate of drug-likeness (QED) is 0.469. The van der Waals surface area contributed by atoms with Gasteiger partial charge in [-0.05, 0) is 61.1 Å². The van der Waals surface area contributed by atoms with Crippen molar-refractivity contribution in [2.24, 2.45) is 0 Å². The van der Waals surface area contributed by atoms with Crippen molar-refractivity contribution in [1.82, 2.24) is 5.32 Å². The number of benzene rings is 2. The second-order valence-electron chi connectivity index (χ2n) is 5.99. The molecule has 1 heterocycles. The van der Waals surface area contributed by atoms with Crippen LogP contribution in [-0.4, -0.2) is 31.1 Å². The van der Waals surface area contributed by atoms with Crippen LogP contribution in [0.15, 0.2) is 42.0 Å². The zero-order valence-corrected chi connectivity index (χ0v) is 17.0. The van der Waals surface area contributed by atoms with E-state index in [-0.39, 0.29) is 10.7 Å². The van der Waals surface area contributed by atoms with Gasteiger partial charge < -0.3 is 9.47 Å². The van der Waals surface area contributed by atoms with Crippen molar-refractivity contribution < 1.29 is 19.1 Å². The summed E-state index contributed by atoms with van der Waals surface area (Å²) in [6.45, 7) is 1.84. The predicted molar refractivity (Wildman–Crippen MR) is 112 cm³/mol. The van der Waals surface area contributed by atoms with Crippen LogP contribution in [-0.2, 0) is 9.59 Å². The fourth-order valence-corrected chi connectivity index (χ4v) is 3.24. The first-order chi connectivity index (χ1) is 13.3. The highest BCUT2D eigenvalue weighted by Crippen LogP contribution is 2.31. The first-order valence-corrected chi connectivity index (χ1v) is 9.04. The average molecular weight is 417 g/mol. The van der Waals surface area contributed by atoms with Gasteiger partial charge in [0, 0.05) is 16.7 Å². The number of anilines is 1. The highest BCUT2D eigenvalue weighted by Gasteiger charge is 2.34. The lowest BCUT2D eigenvalue weighted by Gasteiger charge is -2.29. The summed E-state index contributed by atoms with van der Waals surface area (Å²) in [7, 11) is 3.06. The Labute approximate surface area is 172 Å². The monoisotopic (exact) mass is 416 g/mol. The first kappa shape index (κ1) is 19.9. The number of thiocarbonyl (C=S) groups is 1. The molecule has 0 saturated carbocycles. The van der Waals surface area contributed by atoms with Crippen molar-refractivity contribution in [2.75, 3.05) is 19.1 Å². The van der Waals surface area contributed by atoms with Crippen LogP contribution >= 0.6 is 23.8 Å². The number of rotatable bonds is 4. The Morgan fingerprint density at radius 3 is 2.39 bits per heavy atom. The van der Waals surface area contributed by atoms with Gasteiger partial charge in [-0.15, -0.1) is 0 Å². The largest absolute Gasteiger partial charge is 0.497 e. The second kappa shape index (κ2) is 8.00. The van der Waals surface area contributed by atoms with Crippen LogP contribution in [0.1, 0.15) is 11.1 Å².